The van der Waals surface area contributed by atoms with Gasteiger partial charge >= 0.3 is 6.03 Å². The predicted molar refractivity (Wildman–Crippen MR) is 94.6 cm³/mol. The number of nitrogens with zero attached hydrogens (tertiary/aromatic N) is 2. The molecule has 24 heavy (non-hydrogen) atoms. The van der Waals surface area contributed by atoms with E-state index in [1.54, 1.807) is 11.9 Å². The molecule has 1 aliphatic rings. The lowest BCUT2D eigenvalue weighted by Crippen LogP contribution is -2.43. The van der Waals surface area contributed by atoms with Crippen molar-refractivity contribution >= 4 is 11.9 Å². The van der Waals surface area contributed by atoms with Gasteiger partial charge in [-0.25, -0.2) is 4.79 Å². The summed E-state index contributed by atoms with van der Waals surface area (Å²) in [5, 5.41) is 5.96. The Morgan fingerprint density at radius 2 is 2.04 bits per heavy atom. The Morgan fingerprint density at radius 1 is 1.29 bits per heavy atom. The molecule has 1 fully saturated rings. The first-order valence-electron chi connectivity index (χ1n) is 8.58. The van der Waals surface area contributed by atoms with Crippen molar-refractivity contribution in [1.29, 1.82) is 0 Å². The first-order chi connectivity index (χ1) is 11.6. The Labute approximate surface area is 144 Å². The van der Waals surface area contributed by atoms with Crippen LogP contribution in [0.5, 0.6) is 0 Å². The standard InChI is InChI=1S/C18H28N4O2/c1-19-13-16-9-6-12-22(16)17(23)10-11-20-18(24)21(2)14-15-7-4-3-5-8-15/h3-5,7-8,16,19H,6,9-14H2,1-2H3,(H,20,24). The molecule has 1 aromatic carbocycles. The summed E-state index contributed by atoms with van der Waals surface area (Å²) in [5.41, 5.74) is 1.08. The van der Waals surface area contributed by atoms with Crippen molar-refractivity contribution in [3.63, 3.8) is 0 Å². The Bertz CT molecular complexity index is 535. The van der Waals surface area contributed by atoms with Gasteiger partial charge in [-0.3, -0.25) is 4.79 Å². The van der Waals surface area contributed by atoms with E-state index in [4.69, 9.17) is 0 Å². The Morgan fingerprint density at radius 3 is 2.75 bits per heavy atom. The van der Waals surface area contributed by atoms with E-state index in [9.17, 15) is 9.59 Å². The van der Waals surface area contributed by atoms with Crippen molar-refractivity contribution in [3.05, 3.63) is 35.9 Å². The summed E-state index contributed by atoms with van der Waals surface area (Å²) in [6, 6.07) is 9.98. The minimum atomic E-state index is -0.153. The van der Waals surface area contributed by atoms with E-state index in [2.05, 4.69) is 10.6 Å². The molecule has 2 N–H and O–H groups in total. The molecule has 132 valence electrons. The Hall–Kier alpha value is -2.08. The minimum absolute atomic E-state index is 0.124. The van der Waals surface area contributed by atoms with Gasteiger partial charge in [0.1, 0.15) is 0 Å². The molecule has 1 aromatic rings. The van der Waals surface area contributed by atoms with Crippen molar-refractivity contribution < 1.29 is 9.59 Å². The highest BCUT2D eigenvalue weighted by Gasteiger charge is 2.27. The molecule has 0 spiro atoms. The third kappa shape index (κ3) is 5.23. The molecule has 3 amide bonds. The molecule has 6 nitrogen and oxygen atoms in total. The molecule has 0 aliphatic carbocycles. The van der Waals surface area contributed by atoms with E-state index in [0.29, 0.717) is 25.6 Å². The number of carbonyl (C=O) groups excluding carboxylic acids is 2. The van der Waals surface area contributed by atoms with Gasteiger partial charge in [-0.1, -0.05) is 30.3 Å². The number of rotatable bonds is 7. The van der Waals surface area contributed by atoms with Crippen LogP contribution in [0.2, 0.25) is 0 Å². The highest BCUT2D eigenvalue weighted by molar-refractivity contribution is 5.78. The van der Waals surface area contributed by atoms with Crippen LogP contribution >= 0.6 is 0 Å². The number of carbonyl (C=O) groups is 2. The molecule has 2 rings (SSSR count). The van der Waals surface area contributed by atoms with Gasteiger partial charge in [0, 0.05) is 45.7 Å². The summed E-state index contributed by atoms with van der Waals surface area (Å²) in [5.74, 6) is 0.124. The lowest BCUT2D eigenvalue weighted by Gasteiger charge is -2.25. The van der Waals surface area contributed by atoms with Gasteiger partial charge in [0.15, 0.2) is 0 Å². The van der Waals surface area contributed by atoms with Crippen LogP contribution < -0.4 is 10.6 Å². The van der Waals surface area contributed by atoms with Crippen molar-refractivity contribution in [2.75, 3.05) is 33.7 Å². The van der Waals surface area contributed by atoms with Crippen LogP contribution in [0.4, 0.5) is 4.79 Å². The number of nitrogens with one attached hydrogen (secondary N) is 2. The van der Waals surface area contributed by atoms with E-state index < -0.39 is 0 Å². The fourth-order valence-corrected chi connectivity index (χ4v) is 3.10. The van der Waals surface area contributed by atoms with E-state index >= 15 is 0 Å². The normalized spacial score (nSPS) is 16.9. The van der Waals surface area contributed by atoms with E-state index in [1.807, 2.05) is 42.3 Å². The summed E-state index contributed by atoms with van der Waals surface area (Å²) in [6.45, 7) is 2.58. The number of likely N-dealkylation sites (N-methyl/N-ethyl adjacent to an activating group) is 1. The highest BCUT2D eigenvalue weighted by atomic mass is 16.2. The van der Waals surface area contributed by atoms with E-state index in [1.165, 1.54) is 0 Å². The lowest BCUT2D eigenvalue weighted by molar-refractivity contribution is -0.131. The van der Waals surface area contributed by atoms with Crippen molar-refractivity contribution in [3.8, 4) is 0 Å². The van der Waals surface area contributed by atoms with Crippen LogP contribution in [0.15, 0.2) is 30.3 Å². The summed E-state index contributed by atoms with van der Waals surface area (Å²) >= 11 is 0. The summed E-state index contributed by atoms with van der Waals surface area (Å²) < 4.78 is 0. The third-order valence-corrected chi connectivity index (χ3v) is 4.36. The van der Waals surface area contributed by atoms with E-state index in [0.717, 1.165) is 31.5 Å². The summed E-state index contributed by atoms with van der Waals surface area (Å²) in [4.78, 5) is 28.0. The minimum Gasteiger partial charge on any atom is -0.338 e. The number of likely N-dealkylation sites (tertiary alicyclic amines) is 1. The number of hydrogen-bond acceptors (Lipinski definition) is 3. The van der Waals surface area contributed by atoms with Gasteiger partial charge in [0.05, 0.1) is 0 Å². The number of urea groups is 1. The fourth-order valence-electron chi connectivity index (χ4n) is 3.10. The van der Waals surface area contributed by atoms with Crippen LogP contribution in [0, 0.1) is 0 Å². The zero-order valence-corrected chi connectivity index (χ0v) is 14.6. The van der Waals surface area contributed by atoms with Gasteiger partial charge < -0.3 is 20.4 Å². The average Bonchev–Trinajstić information content (AvgIpc) is 3.04. The molecule has 6 heteroatoms. The van der Waals surface area contributed by atoms with Gasteiger partial charge in [0.25, 0.3) is 0 Å². The highest BCUT2D eigenvalue weighted by Crippen LogP contribution is 2.17. The number of benzene rings is 1. The Balaban J connectivity index is 1.71. The zero-order valence-electron chi connectivity index (χ0n) is 14.6. The topological polar surface area (TPSA) is 64.7 Å². The molecule has 0 radical (unpaired) electrons. The summed E-state index contributed by atoms with van der Waals surface area (Å²) in [7, 11) is 3.66. The molecule has 1 saturated heterocycles. The molecule has 0 saturated carbocycles. The maximum atomic E-state index is 12.3. The quantitative estimate of drug-likeness (QED) is 0.794. The first kappa shape index (κ1) is 18.3. The largest absolute Gasteiger partial charge is 0.338 e. The third-order valence-electron chi connectivity index (χ3n) is 4.36. The maximum absolute atomic E-state index is 12.3. The second-order valence-electron chi connectivity index (χ2n) is 6.26. The monoisotopic (exact) mass is 332 g/mol. The molecule has 1 heterocycles. The van der Waals surface area contributed by atoms with Gasteiger partial charge in [-0.05, 0) is 25.5 Å². The van der Waals surface area contributed by atoms with Crippen molar-refractivity contribution in [2.45, 2.75) is 31.8 Å². The number of hydrogen-bond donors (Lipinski definition) is 2. The first-order valence-corrected chi connectivity index (χ1v) is 8.58. The fraction of sp³-hybridized carbons (Fsp3) is 0.556. The second-order valence-corrected chi connectivity index (χ2v) is 6.26. The van der Waals surface area contributed by atoms with E-state index in [-0.39, 0.29) is 11.9 Å². The van der Waals surface area contributed by atoms with Gasteiger partial charge in [-0.15, -0.1) is 0 Å². The van der Waals surface area contributed by atoms with Gasteiger partial charge in [-0.2, -0.15) is 0 Å². The molecule has 1 atom stereocenters. The average molecular weight is 332 g/mol. The molecular formula is C18H28N4O2. The molecule has 1 unspecified atom stereocenters. The lowest BCUT2D eigenvalue weighted by atomic mass is 10.2. The van der Waals surface area contributed by atoms with Crippen LogP contribution in [0.3, 0.4) is 0 Å². The van der Waals surface area contributed by atoms with Gasteiger partial charge in [0.2, 0.25) is 5.91 Å². The SMILES string of the molecule is CNCC1CCCN1C(=O)CCNC(=O)N(C)Cc1ccccc1. The van der Waals surface area contributed by atoms with Crippen molar-refractivity contribution in [1.82, 2.24) is 20.4 Å². The predicted octanol–water partition coefficient (Wildman–Crippen LogP) is 1.43. The smallest absolute Gasteiger partial charge is 0.317 e. The number of amides is 3. The Kier molecular flexibility index (Phi) is 7.06. The van der Waals surface area contributed by atoms with Crippen molar-refractivity contribution in [2.24, 2.45) is 0 Å². The van der Waals surface area contributed by atoms with Crippen LogP contribution in [-0.2, 0) is 11.3 Å². The molecule has 1 aliphatic heterocycles. The van der Waals surface area contributed by atoms with Crippen LogP contribution in [0.25, 0.3) is 0 Å². The van der Waals surface area contributed by atoms with Crippen LogP contribution in [0.1, 0.15) is 24.8 Å². The molecule has 0 bridgehead atoms. The molecular weight excluding hydrogens is 304 g/mol. The maximum Gasteiger partial charge on any atom is 0.317 e. The zero-order chi connectivity index (χ0) is 17.4. The summed E-state index contributed by atoms with van der Waals surface area (Å²) in [6.07, 6.45) is 2.47. The van der Waals surface area contributed by atoms with Crippen LogP contribution in [-0.4, -0.2) is 61.5 Å². The molecule has 0 aromatic heterocycles. The second kappa shape index (κ2) is 9.27.